The molecular formula is C21H18N6O3. The lowest BCUT2D eigenvalue weighted by Gasteiger charge is -2.28. The second-order valence-electron chi connectivity index (χ2n) is 6.97. The smallest absolute Gasteiger partial charge is 0.270 e. The quantitative estimate of drug-likeness (QED) is 0.532. The number of carbonyl (C=O) groups is 1. The molecule has 5 rings (SSSR count). The highest BCUT2D eigenvalue weighted by Gasteiger charge is 2.25. The van der Waals surface area contributed by atoms with Gasteiger partial charge in [-0.1, -0.05) is 30.3 Å². The van der Waals surface area contributed by atoms with Crippen LogP contribution in [-0.4, -0.2) is 50.8 Å². The van der Waals surface area contributed by atoms with Gasteiger partial charge in [-0.05, 0) is 17.7 Å². The number of rotatable bonds is 4. The minimum absolute atomic E-state index is 0.0855. The van der Waals surface area contributed by atoms with Crippen LogP contribution in [0.2, 0.25) is 0 Å². The van der Waals surface area contributed by atoms with Crippen LogP contribution in [0.3, 0.4) is 0 Å². The van der Waals surface area contributed by atoms with Crippen molar-refractivity contribution in [2.75, 3.05) is 24.5 Å². The van der Waals surface area contributed by atoms with Crippen LogP contribution >= 0.6 is 0 Å². The maximum Gasteiger partial charge on any atom is 0.270 e. The summed E-state index contributed by atoms with van der Waals surface area (Å²) in [6, 6.07) is 13.3. The van der Waals surface area contributed by atoms with E-state index < -0.39 is 0 Å². The molecule has 0 aliphatic carbocycles. The first-order valence-corrected chi connectivity index (χ1v) is 9.55. The predicted molar refractivity (Wildman–Crippen MR) is 109 cm³/mol. The molecule has 1 aromatic carbocycles. The van der Waals surface area contributed by atoms with Gasteiger partial charge in [-0.3, -0.25) is 9.78 Å². The van der Waals surface area contributed by atoms with E-state index in [2.05, 4.69) is 25.5 Å². The second-order valence-corrected chi connectivity index (χ2v) is 6.97. The van der Waals surface area contributed by atoms with Gasteiger partial charge in [0, 0.05) is 24.7 Å². The van der Waals surface area contributed by atoms with Crippen LogP contribution in [0.25, 0.3) is 22.5 Å². The van der Waals surface area contributed by atoms with E-state index in [1.807, 2.05) is 41.3 Å². The van der Waals surface area contributed by atoms with Crippen LogP contribution in [0.5, 0.6) is 5.75 Å². The van der Waals surface area contributed by atoms with Crippen molar-refractivity contribution in [1.29, 1.82) is 0 Å². The zero-order chi connectivity index (χ0) is 20.5. The minimum Gasteiger partial charge on any atom is -0.504 e. The molecule has 0 unspecified atom stereocenters. The zero-order valence-corrected chi connectivity index (χ0v) is 15.9. The summed E-state index contributed by atoms with van der Waals surface area (Å²) in [5.74, 6) is 0.845. The average molecular weight is 402 g/mol. The summed E-state index contributed by atoms with van der Waals surface area (Å²) in [5, 5.41) is 22.5. The van der Waals surface area contributed by atoms with Crippen LogP contribution in [-0.2, 0) is 11.2 Å². The maximum absolute atomic E-state index is 11.9. The monoisotopic (exact) mass is 402 g/mol. The maximum atomic E-state index is 11.9. The number of benzene rings is 1. The fourth-order valence-electron chi connectivity index (χ4n) is 3.51. The standard InChI is InChI=1S/C21H18N6O3/c28-15-12-27(10-9-22-15)20-14-7-4-8-23-17(14)19(29)18(24-20)21-26-25-16(30-21)11-13-5-2-1-3-6-13/h1-8,29H,9-12H2,(H,22,28). The highest BCUT2D eigenvalue weighted by Crippen LogP contribution is 2.37. The average Bonchev–Trinajstić information content (AvgIpc) is 3.23. The van der Waals surface area contributed by atoms with E-state index in [1.54, 1.807) is 12.3 Å². The first-order valence-electron chi connectivity index (χ1n) is 9.55. The zero-order valence-electron chi connectivity index (χ0n) is 15.9. The number of aromatic hydroxyl groups is 1. The summed E-state index contributed by atoms with van der Waals surface area (Å²) in [6.45, 7) is 1.28. The Kier molecular flexibility index (Phi) is 4.47. The highest BCUT2D eigenvalue weighted by molar-refractivity contribution is 5.98. The third-order valence-corrected chi connectivity index (χ3v) is 4.92. The molecule has 30 heavy (non-hydrogen) atoms. The number of aromatic nitrogens is 4. The Labute approximate surface area is 171 Å². The van der Waals surface area contributed by atoms with E-state index in [1.165, 1.54) is 0 Å². The third-order valence-electron chi connectivity index (χ3n) is 4.92. The molecule has 0 radical (unpaired) electrons. The van der Waals surface area contributed by atoms with Gasteiger partial charge in [-0.15, -0.1) is 10.2 Å². The molecule has 0 saturated carbocycles. The molecule has 1 fully saturated rings. The molecular weight excluding hydrogens is 384 g/mol. The van der Waals surface area contributed by atoms with Crippen molar-refractivity contribution >= 4 is 22.6 Å². The summed E-state index contributed by atoms with van der Waals surface area (Å²) in [7, 11) is 0. The van der Waals surface area contributed by atoms with Crippen molar-refractivity contribution in [2.45, 2.75) is 6.42 Å². The summed E-state index contributed by atoms with van der Waals surface area (Å²) in [6.07, 6.45) is 2.06. The molecule has 4 aromatic rings. The summed E-state index contributed by atoms with van der Waals surface area (Å²) in [5.41, 5.74) is 1.55. The van der Waals surface area contributed by atoms with Crippen molar-refractivity contribution in [3.63, 3.8) is 0 Å². The lowest BCUT2D eigenvalue weighted by Crippen LogP contribution is -2.48. The van der Waals surface area contributed by atoms with E-state index in [0.29, 0.717) is 42.1 Å². The van der Waals surface area contributed by atoms with Crippen molar-refractivity contribution in [2.24, 2.45) is 0 Å². The van der Waals surface area contributed by atoms with Crippen LogP contribution in [0.4, 0.5) is 5.82 Å². The van der Waals surface area contributed by atoms with Crippen LogP contribution in [0.15, 0.2) is 53.1 Å². The first-order chi connectivity index (χ1) is 14.7. The van der Waals surface area contributed by atoms with E-state index in [9.17, 15) is 9.90 Å². The molecule has 3 aromatic heterocycles. The van der Waals surface area contributed by atoms with E-state index in [-0.39, 0.29) is 29.8 Å². The largest absolute Gasteiger partial charge is 0.504 e. The van der Waals surface area contributed by atoms with Gasteiger partial charge >= 0.3 is 0 Å². The molecule has 1 aliphatic rings. The number of carbonyl (C=O) groups excluding carboxylic acids is 1. The van der Waals surface area contributed by atoms with Gasteiger partial charge in [-0.2, -0.15) is 0 Å². The molecule has 0 spiro atoms. The van der Waals surface area contributed by atoms with Crippen molar-refractivity contribution in [3.8, 4) is 17.3 Å². The van der Waals surface area contributed by atoms with Gasteiger partial charge in [0.05, 0.1) is 13.0 Å². The molecule has 1 saturated heterocycles. The Balaban J connectivity index is 1.58. The van der Waals surface area contributed by atoms with Gasteiger partial charge in [0.15, 0.2) is 11.4 Å². The highest BCUT2D eigenvalue weighted by atomic mass is 16.4. The van der Waals surface area contributed by atoms with Gasteiger partial charge in [0.1, 0.15) is 11.3 Å². The number of nitrogens with zero attached hydrogens (tertiary/aromatic N) is 5. The van der Waals surface area contributed by atoms with Crippen molar-refractivity contribution in [1.82, 2.24) is 25.5 Å². The molecule has 2 N–H and O–H groups in total. The second kappa shape index (κ2) is 7.43. The van der Waals surface area contributed by atoms with Crippen LogP contribution in [0.1, 0.15) is 11.5 Å². The number of nitrogens with one attached hydrogen (secondary N) is 1. The Morgan fingerprint density at radius 3 is 2.83 bits per heavy atom. The predicted octanol–water partition coefficient (Wildman–Crippen LogP) is 1.91. The van der Waals surface area contributed by atoms with Crippen molar-refractivity contribution < 1.29 is 14.3 Å². The third kappa shape index (κ3) is 3.30. The number of hydrogen-bond donors (Lipinski definition) is 2. The molecule has 0 bridgehead atoms. The first kappa shape index (κ1) is 18.0. The number of pyridine rings is 2. The minimum atomic E-state index is -0.134. The Hall–Kier alpha value is -4.01. The number of anilines is 1. The molecule has 4 heterocycles. The molecule has 9 heteroatoms. The van der Waals surface area contributed by atoms with Crippen molar-refractivity contribution in [3.05, 3.63) is 60.1 Å². The topological polar surface area (TPSA) is 117 Å². The number of amides is 1. The van der Waals surface area contributed by atoms with E-state index >= 15 is 0 Å². The van der Waals surface area contributed by atoms with Crippen LogP contribution < -0.4 is 10.2 Å². The van der Waals surface area contributed by atoms with E-state index in [4.69, 9.17) is 4.42 Å². The molecule has 1 aliphatic heterocycles. The number of hydrogen-bond acceptors (Lipinski definition) is 8. The molecule has 0 atom stereocenters. The summed E-state index contributed by atoms with van der Waals surface area (Å²) < 4.78 is 5.80. The van der Waals surface area contributed by atoms with E-state index in [0.717, 1.165) is 5.56 Å². The lowest BCUT2D eigenvalue weighted by atomic mass is 10.1. The molecule has 9 nitrogen and oxygen atoms in total. The van der Waals surface area contributed by atoms with Gasteiger partial charge in [-0.25, -0.2) is 4.98 Å². The Bertz CT molecular complexity index is 1220. The molecule has 1 amide bonds. The SMILES string of the molecule is O=C1CN(c2nc(-c3nnc(Cc4ccccc4)o3)c(O)c3ncccc23)CCN1. The number of fused-ring (bicyclic) bond motifs is 1. The Morgan fingerprint density at radius 1 is 1.13 bits per heavy atom. The fraction of sp³-hybridized carbons (Fsp3) is 0.190. The fourth-order valence-corrected chi connectivity index (χ4v) is 3.51. The normalized spacial score (nSPS) is 14.1. The Morgan fingerprint density at radius 2 is 2.00 bits per heavy atom. The van der Waals surface area contributed by atoms with Crippen LogP contribution in [0, 0.1) is 0 Å². The summed E-state index contributed by atoms with van der Waals surface area (Å²) >= 11 is 0. The van der Waals surface area contributed by atoms with Gasteiger partial charge in [0.2, 0.25) is 11.8 Å². The molecule has 150 valence electrons. The lowest BCUT2D eigenvalue weighted by molar-refractivity contribution is -0.120. The van der Waals surface area contributed by atoms with Gasteiger partial charge < -0.3 is 19.7 Å². The number of piperazine rings is 1. The summed E-state index contributed by atoms with van der Waals surface area (Å²) in [4.78, 5) is 22.7. The van der Waals surface area contributed by atoms with Gasteiger partial charge in [0.25, 0.3) is 5.89 Å².